The fraction of sp³-hybridized carbons (Fsp3) is 0.250. The van der Waals surface area contributed by atoms with Gasteiger partial charge >= 0.3 is 5.69 Å². The molecule has 0 saturated heterocycles. The maximum absolute atomic E-state index is 11.8. The Bertz CT molecular complexity index is 612. The second-order valence-corrected chi connectivity index (χ2v) is 3.72. The van der Waals surface area contributed by atoms with Gasteiger partial charge in [-0.3, -0.25) is 14.9 Å². The fourth-order valence-corrected chi connectivity index (χ4v) is 1.89. The van der Waals surface area contributed by atoms with Gasteiger partial charge in [-0.25, -0.2) is 0 Å². The smallest absolute Gasteiger partial charge is 0.312 e. The molecule has 0 aliphatic carbocycles. The van der Waals surface area contributed by atoms with Crippen LogP contribution in [0.3, 0.4) is 0 Å². The first kappa shape index (κ1) is 11.3. The van der Waals surface area contributed by atoms with Crippen LogP contribution in [0.15, 0.2) is 22.6 Å². The van der Waals surface area contributed by atoms with E-state index >= 15 is 0 Å². The van der Waals surface area contributed by atoms with E-state index in [9.17, 15) is 14.9 Å². The number of nitrogens with zero attached hydrogens (tertiary/aromatic N) is 1. The van der Waals surface area contributed by atoms with E-state index < -0.39 is 4.92 Å². The van der Waals surface area contributed by atoms with Crippen LogP contribution in [-0.4, -0.2) is 10.7 Å². The van der Waals surface area contributed by atoms with Gasteiger partial charge in [0.1, 0.15) is 5.76 Å². The second kappa shape index (κ2) is 4.01. The second-order valence-electron chi connectivity index (χ2n) is 3.72. The number of fused-ring (bicyclic) bond motifs is 1. The number of non-ortho nitro benzene ring substituents is 1. The molecule has 0 aliphatic heterocycles. The lowest BCUT2D eigenvalue weighted by Crippen LogP contribution is -1.97. The topological polar surface area (TPSA) is 73.3 Å². The van der Waals surface area contributed by atoms with E-state index in [1.165, 1.54) is 6.07 Å². The molecule has 0 atom stereocenters. The molecule has 5 nitrogen and oxygen atoms in total. The third kappa shape index (κ3) is 1.69. The summed E-state index contributed by atoms with van der Waals surface area (Å²) in [4.78, 5) is 22.1. The molecule has 0 spiro atoms. The Hall–Kier alpha value is -2.17. The molecule has 0 radical (unpaired) electrons. The molecule has 5 heteroatoms. The van der Waals surface area contributed by atoms with Crippen LogP contribution in [0.1, 0.15) is 29.5 Å². The van der Waals surface area contributed by atoms with E-state index in [2.05, 4.69) is 0 Å². The summed E-state index contributed by atoms with van der Waals surface area (Å²) in [5.41, 5.74) is 0.513. The maximum Gasteiger partial charge on any atom is 0.312 e. The third-order valence-electron chi connectivity index (χ3n) is 2.67. The number of rotatable bonds is 3. The van der Waals surface area contributed by atoms with Crippen molar-refractivity contribution in [3.05, 3.63) is 39.6 Å². The first-order valence-corrected chi connectivity index (χ1v) is 5.26. The van der Waals surface area contributed by atoms with Crippen LogP contribution in [-0.2, 0) is 0 Å². The van der Waals surface area contributed by atoms with Crippen molar-refractivity contribution in [3.8, 4) is 0 Å². The lowest BCUT2D eigenvalue weighted by molar-refractivity contribution is -0.383. The van der Waals surface area contributed by atoms with E-state index in [4.69, 9.17) is 4.42 Å². The van der Waals surface area contributed by atoms with E-state index in [1.807, 2.05) is 0 Å². The lowest BCUT2D eigenvalue weighted by atomic mass is 10.0. The first-order chi connectivity index (χ1) is 8.06. The van der Waals surface area contributed by atoms with E-state index in [0.717, 1.165) is 0 Å². The van der Waals surface area contributed by atoms with Gasteiger partial charge in [-0.05, 0) is 13.0 Å². The van der Waals surface area contributed by atoms with Gasteiger partial charge in [-0.15, -0.1) is 0 Å². The van der Waals surface area contributed by atoms with Crippen molar-refractivity contribution in [1.82, 2.24) is 0 Å². The molecule has 1 heterocycles. The summed E-state index contributed by atoms with van der Waals surface area (Å²) in [6, 6.07) is 4.59. The number of Topliss-reactive ketones (excluding diaryl/α,β-unsaturated/α-hetero) is 1. The van der Waals surface area contributed by atoms with Crippen molar-refractivity contribution in [2.45, 2.75) is 20.3 Å². The Morgan fingerprint density at radius 3 is 2.76 bits per heavy atom. The summed E-state index contributed by atoms with van der Waals surface area (Å²) in [6.07, 6.45) is 0.345. The van der Waals surface area contributed by atoms with Crippen LogP contribution in [0.5, 0.6) is 0 Å². The number of para-hydroxylation sites is 1. The van der Waals surface area contributed by atoms with E-state index in [1.54, 1.807) is 26.0 Å². The number of hydrogen-bond acceptors (Lipinski definition) is 4. The van der Waals surface area contributed by atoms with Gasteiger partial charge in [0.15, 0.2) is 5.78 Å². The zero-order valence-corrected chi connectivity index (χ0v) is 9.52. The minimum absolute atomic E-state index is 0.0678. The van der Waals surface area contributed by atoms with Gasteiger partial charge in [0.25, 0.3) is 0 Å². The number of nitro benzene ring substituents is 1. The van der Waals surface area contributed by atoms with E-state index in [0.29, 0.717) is 23.1 Å². The molecule has 0 saturated carbocycles. The van der Waals surface area contributed by atoms with Crippen LogP contribution in [0.25, 0.3) is 11.0 Å². The number of benzene rings is 1. The predicted molar refractivity (Wildman–Crippen MR) is 62.2 cm³/mol. The number of aryl methyl sites for hydroxylation is 1. The third-order valence-corrected chi connectivity index (χ3v) is 2.67. The van der Waals surface area contributed by atoms with Crippen molar-refractivity contribution in [1.29, 1.82) is 0 Å². The Labute approximate surface area is 97.2 Å². The predicted octanol–water partition coefficient (Wildman–Crippen LogP) is 3.24. The molecule has 88 valence electrons. The highest BCUT2D eigenvalue weighted by atomic mass is 16.6. The number of furan rings is 1. The van der Waals surface area contributed by atoms with Gasteiger partial charge in [-0.1, -0.05) is 13.0 Å². The standard InChI is InChI=1S/C12H11NO4/c1-3-10(14)11-7(2)17-12-8(11)5-4-6-9(12)13(15)16/h4-6H,3H2,1-2H3. The average Bonchev–Trinajstić information content (AvgIpc) is 2.63. The molecule has 1 aromatic carbocycles. The fourth-order valence-electron chi connectivity index (χ4n) is 1.89. The number of carbonyl (C=O) groups is 1. The SMILES string of the molecule is CCC(=O)c1c(C)oc2c([N+](=O)[O-])cccc12. The van der Waals surface area contributed by atoms with Gasteiger partial charge < -0.3 is 4.42 Å². The molecule has 1 aromatic heterocycles. The summed E-state index contributed by atoms with van der Waals surface area (Å²) in [5.74, 6) is 0.364. The van der Waals surface area contributed by atoms with Crippen LogP contribution in [0.2, 0.25) is 0 Å². The molecule has 0 amide bonds. The highest BCUT2D eigenvalue weighted by molar-refractivity contribution is 6.09. The number of nitro groups is 1. The quantitative estimate of drug-likeness (QED) is 0.463. The number of ketones is 1. The normalized spacial score (nSPS) is 10.7. The zero-order chi connectivity index (χ0) is 12.6. The molecule has 0 unspecified atom stereocenters. The summed E-state index contributed by atoms with van der Waals surface area (Å²) in [7, 11) is 0. The van der Waals surface area contributed by atoms with Gasteiger partial charge in [0, 0.05) is 17.9 Å². The van der Waals surface area contributed by atoms with Crippen molar-refractivity contribution >= 4 is 22.4 Å². The molecular weight excluding hydrogens is 222 g/mol. The lowest BCUT2D eigenvalue weighted by Gasteiger charge is -1.95. The Morgan fingerprint density at radius 2 is 2.18 bits per heavy atom. The van der Waals surface area contributed by atoms with Gasteiger partial charge in [-0.2, -0.15) is 0 Å². The maximum atomic E-state index is 11.8. The van der Waals surface area contributed by atoms with Gasteiger partial charge in [0.2, 0.25) is 5.58 Å². The zero-order valence-electron chi connectivity index (χ0n) is 9.52. The van der Waals surface area contributed by atoms with Crippen LogP contribution < -0.4 is 0 Å². The Kier molecular flexibility index (Phi) is 2.67. The molecule has 2 rings (SSSR count). The highest BCUT2D eigenvalue weighted by Crippen LogP contribution is 2.32. The van der Waals surface area contributed by atoms with Crippen molar-refractivity contribution in [2.75, 3.05) is 0 Å². The first-order valence-electron chi connectivity index (χ1n) is 5.26. The molecule has 2 aromatic rings. The van der Waals surface area contributed by atoms with Crippen LogP contribution >= 0.6 is 0 Å². The minimum atomic E-state index is -0.508. The molecule has 0 bridgehead atoms. The minimum Gasteiger partial charge on any atom is -0.453 e. The highest BCUT2D eigenvalue weighted by Gasteiger charge is 2.22. The van der Waals surface area contributed by atoms with Crippen molar-refractivity contribution < 1.29 is 14.1 Å². The molecule has 0 fully saturated rings. The van der Waals surface area contributed by atoms with E-state index in [-0.39, 0.29) is 17.1 Å². The van der Waals surface area contributed by atoms with Gasteiger partial charge in [0.05, 0.1) is 10.5 Å². The monoisotopic (exact) mass is 233 g/mol. The Morgan fingerprint density at radius 1 is 1.47 bits per heavy atom. The summed E-state index contributed by atoms with van der Waals surface area (Å²) >= 11 is 0. The van der Waals surface area contributed by atoms with Crippen LogP contribution in [0.4, 0.5) is 5.69 Å². The molecule has 0 N–H and O–H groups in total. The van der Waals surface area contributed by atoms with Crippen LogP contribution in [0, 0.1) is 17.0 Å². The largest absolute Gasteiger partial charge is 0.453 e. The Balaban J connectivity index is 2.80. The number of carbonyl (C=O) groups excluding carboxylic acids is 1. The van der Waals surface area contributed by atoms with Crippen molar-refractivity contribution in [2.24, 2.45) is 0 Å². The molecule has 0 aliphatic rings. The summed E-state index contributed by atoms with van der Waals surface area (Å²) in [5, 5.41) is 11.4. The number of hydrogen-bond donors (Lipinski definition) is 0. The average molecular weight is 233 g/mol. The summed E-state index contributed by atoms with van der Waals surface area (Å²) < 4.78 is 5.35. The summed E-state index contributed by atoms with van der Waals surface area (Å²) in [6.45, 7) is 3.39. The van der Waals surface area contributed by atoms with Crippen molar-refractivity contribution in [3.63, 3.8) is 0 Å². The molecular formula is C12H11NO4. The molecule has 17 heavy (non-hydrogen) atoms.